The van der Waals surface area contributed by atoms with Crippen molar-refractivity contribution in [3.63, 3.8) is 0 Å². The number of benzene rings is 1. The molecule has 4 heterocycles. The van der Waals surface area contributed by atoms with E-state index < -0.39 is 29.7 Å². The standard InChI is InChI=1S/C24H20F2N6O5/c1-30-18-10-14(13-6-8-31(9-7-13)24(35)36)3-5-17(18)22(33)32(23(30)34)12-16-4-2-15(11-27-16)20-28-29-21(37-20)19(25)26/h2-6,10-11,19H,7-9,12H2,1H3,(H,35,36). The smallest absolute Gasteiger partial charge is 0.407 e. The molecule has 11 nitrogen and oxygen atoms in total. The molecule has 0 atom stereocenters. The van der Waals surface area contributed by atoms with Gasteiger partial charge in [-0.1, -0.05) is 12.1 Å². The van der Waals surface area contributed by atoms with Gasteiger partial charge in [0, 0.05) is 26.3 Å². The van der Waals surface area contributed by atoms with Gasteiger partial charge in [0.1, 0.15) is 0 Å². The van der Waals surface area contributed by atoms with Crippen LogP contribution in [0.3, 0.4) is 0 Å². The van der Waals surface area contributed by atoms with E-state index in [9.17, 15) is 23.2 Å². The van der Waals surface area contributed by atoms with Crippen molar-refractivity contribution in [1.29, 1.82) is 0 Å². The van der Waals surface area contributed by atoms with Crippen molar-refractivity contribution in [2.75, 3.05) is 13.1 Å². The molecule has 0 saturated carbocycles. The number of pyridine rings is 1. The number of nitrogens with zero attached hydrogens (tertiary/aromatic N) is 6. The summed E-state index contributed by atoms with van der Waals surface area (Å²) in [5.41, 5.74) is 1.92. The van der Waals surface area contributed by atoms with E-state index in [2.05, 4.69) is 15.2 Å². The van der Waals surface area contributed by atoms with Crippen LogP contribution in [-0.2, 0) is 13.6 Å². The van der Waals surface area contributed by atoms with E-state index >= 15 is 0 Å². The lowest BCUT2D eigenvalue weighted by atomic mass is 9.98. The van der Waals surface area contributed by atoms with Gasteiger partial charge in [-0.05, 0) is 41.8 Å². The van der Waals surface area contributed by atoms with Gasteiger partial charge in [-0.15, -0.1) is 10.2 Å². The van der Waals surface area contributed by atoms with E-state index in [1.807, 2.05) is 6.08 Å². The minimum absolute atomic E-state index is 0.105. The van der Waals surface area contributed by atoms with Crippen LogP contribution in [0.2, 0.25) is 0 Å². The maximum Gasteiger partial charge on any atom is 0.407 e. The highest BCUT2D eigenvalue weighted by Gasteiger charge is 2.19. The first kappa shape index (κ1) is 24.0. The Hall–Kier alpha value is -4.68. The molecule has 4 aromatic rings. The van der Waals surface area contributed by atoms with Gasteiger partial charge in [-0.25, -0.2) is 9.59 Å². The average molecular weight is 510 g/mol. The van der Waals surface area contributed by atoms with Gasteiger partial charge in [0.05, 0.1) is 28.7 Å². The Labute approximate surface area is 206 Å². The third-order valence-corrected chi connectivity index (χ3v) is 6.22. The Morgan fingerprint density at radius 2 is 1.95 bits per heavy atom. The number of carbonyl (C=O) groups is 1. The zero-order valence-electron chi connectivity index (χ0n) is 19.5. The lowest BCUT2D eigenvalue weighted by Gasteiger charge is -2.24. The summed E-state index contributed by atoms with van der Waals surface area (Å²) >= 11 is 0. The highest BCUT2D eigenvalue weighted by atomic mass is 19.3. The second-order valence-corrected chi connectivity index (χ2v) is 8.46. The molecule has 3 aromatic heterocycles. The van der Waals surface area contributed by atoms with Gasteiger partial charge in [0.2, 0.25) is 5.89 Å². The van der Waals surface area contributed by atoms with Crippen molar-refractivity contribution in [3.05, 3.63) is 80.6 Å². The van der Waals surface area contributed by atoms with Crippen molar-refractivity contribution in [1.82, 2.24) is 29.2 Å². The number of aryl methyl sites for hydroxylation is 1. The SMILES string of the molecule is Cn1c(=O)n(Cc2ccc(-c3nnc(C(F)F)o3)cn2)c(=O)c2ccc(C3=CCN(C(=O)O)CC3)cc21. The number of carboxylic acid groups (broad SMARTS) is 1. The Morgan fingerprint density at radius 1 is 1.16 bits per heavy atom. The fourth-order valence-electron chi connectivity index (χ4n) is 4.20. The monoisotopic (exact) mass is 510 g/mol. The number of alkyl halides is 2. The van der Waals surface area contributed by atoms with Crippen molar-refractivity contribution >= 4 is 22.6 Å². The molecule has 0 radical (unpaired) electrons. The van der Waals surface area contributed by atoms with Crippen molar-refractivity contribution in [2.45, 2.75) is 19.4 Å². The van der Waals surface area contributed by atoms with E-state index in [4.69, 9.17) is 9.52 Å². The molecular formula is C24H20F2N6O5. The number of aromatic nitrogens is 5. The van der Waals surface area contributed by atoms with Crippen molar-refractivity contribution in [3.8, 4) is 11.5 Å². The predicted molar refractivity (Wildman–Crippen MR) is 127 cm³/mol. The zero-order chi connectivity index (χ0) is 26.3. The summed E-state index contributed by atoms with van der Waals surface area (Å²) < 4.78 is 32.7. The van der Waals surface area contributed by atoms with E-state index in [1.54, 1.807) is 25.2 Å². The molecule has 0 bridgehead atoms. The van der Waals surface area contributed by atoms with Gasteiger partial charge >= 0.3 is 18.2 Å². The molecule has 0 unspecified atom stereocenters. The normalized spacial score (nSPS) is 13.8. The lowest BCUT2D eigenvalue weighted by molar-refractivity contribution is 0.116. The lowest BCUT2D eigenvalue weighted by Crippen LogP contribution is -2.39. The minimum Gasteiger partial charge on any atom is -0.465 e. The van der Waals surface area contributed by atoms with Crippen LogP contribution < -0.4 is 11.2 Å². The Bertz CT molecular complexity index is 1660. The predicted octanol–water partition coefficient (Wildman–Crippen LogP) is 2.90. The molecule has 190 valence electrons. The quantitative estimate of drug-likeness (QED) is 0.433. The Balaban J connectivity index is 1.44. The molecule has 1 amide bonds. The Kier molecular flexibility index (Phi) is 6.11. The van der Waals surface area contributed by atoms with Gasteiger partial charge in [0.15, 0.2) is 0 Å². The summed E-state index contributed by atoms with van der Waals surface area (Å²) in [6.45, 7) is 0.534. The second kappa shape index (κ2) is 9.41. The minimum atomic E-state index is -2.89. The molecule has 37 heavy (non-hydrogen) atoms. The molecule has 0 saturated heterocycles. The number of rotatable bonds is 5. The van der Waals surface area contributed by atoms with E-state index in [0.717, 1.165) is 15.7 Å². The molecule has 0 spiro atoms. The van der Waals surface area contributed by atoms with Crippen LogP contribution in [0, 0.1) is 0 Å². The molecule has 5 rings (SSSR count). The van der Waals surface area contributed by atoms with Crippen LogP contribution in [0.1, 0.15) is 30.0 Å². The van der Waals surface area contributed by atoms with Crippen LogP contribution >= 0.6 is 0 Å². The van der Waals surface area contributed by atoms with Crippen LogP contribution in [-0.4, -0.2) is 53.5 Å². The summed E-state index contributed by atoms with van der Waals surface area (Å²) in [5, 5.41) is 16.3. The number of halogens is 2. The highest BCUT2D eigenvalue weighted by molar-refractivity contribution is 5.83. The Morgan fingerprint density at radius 3 is 2.57 bits per heavy atom. The third kappa shape index (κ3) is 4.50. The molecule has 0 aliphatic carbocycles. The van der Waals surface area contributed by atoms with E-state index in [1.165, 1.54) is 27.8 Å². The van der Waals surface area contributed by atoms with Gasteiger partial charge in [0.25, 0.3) is 11.4 Å². The molecule has 1 aliphatic heterocycles. The first-order valence-electron chi connectivity index (χ1n) is 11.2. The third-order valence-electron chi connectivity index (χ3n) is 6.22. The number of amides is 1. The van der Waals surface area contributed by atoms with Crippen LogP contribution in [0.5, 0.6) is 0 Å². The summed E-state index contributed by atoms with van der Waals surface area (Å²) in [5.74, 6) is -0.914. The number of fused-ring (bicyclic) bond motifs is 1. The van der Waals surface area contributed by atoms with E-state index in [-0.39, 0.29) is 19.0 Å². The average Bonchev–Trinajstić information content (AvgIpc) is 3.41. The first-order valence-corrected chi connectivity index (χ1v) is 11.2. The van der Waals surface area contributed by atoms with Gasteiger partial charge in [-0.2, -0.15) is 8.78 Å². The second-order valence-electron chi connectivity index (χ2n) is 8.46. The summed E-state index contributed by atoms with van der Waals surface area (Å²) in [6.07, 6.45) is -0.170. The van der Waals surface area contributed by atoms with Crippen molar-refractivity contribution < 1.29 is 23.1 Å². The topological polar surface area (TPSA) is 136 Å². The molecule has 13 heteroatoms. The molecule has 1 N–H and O–H groups in total. The van der Waals surface area contributed by atoms with Crippen LogP contribution in [0.15, 0.2) is 56.6 Å². The van der Waals surface area contributed by atoms with Gasteiger partial charge in [-0.3, -0.25) is 18.9 Å². The van der Waals surface area contributed by atoms with Gasteiger partial charge < -0.3 is 14.4 Å². The fourth-order valence-corrected chi connectivity index (χ4v) is 4.20. The molecule has 0 fully saturated rings. The van der Waals surface area contributed by atoms with Crippen molar-refractivity contribution in [2.24, 2.45) is 7.05 Å². The first-order chi connectivity index (χ1) is 17.7. The maximum absolute atomic E-state index is 13.2. The molecule has 1 aliphatic rings. The zero-order valence-corrected chi connectivity index (χ0v) is 19.5. The number of hydrogen-bond acceptors (Lipinski definition) is 7. The molecular weight excluding hydrogens is 490 g/mol. The molecule has 1 aromatic carbocycles. The summed E-state index contributed by atoms with van der Waals surface area (Å²) in [4.78, 5) is 42.9. The summed E-state index contributed by atoms with van der Waals surface area (Å²) in [7, 11) is 1.57. The fraction of sp³-hybridized carbons (Fsp3) is 0.250. The highest BCUT2D eigenvalue weighted by Crippen LogP contribution is 2.25. The maximum atomic E-state index is 13.2. The van der Waals surface area contributed by atoms with Crippen LogP contribution in [0.4, 0.5) is 13.6 Å². The number of hydrogen-bond donors (Lipinski definition) is 1. The van der Waals surface area contributed by atoms with Crippen LogP contribution in [0.25, 0.3) is 27.9 Å². The summed E-state index contributed by atoms with van der Waals surface area (Å²) in [6, 6.07) is 8.26. The largest absolute Gasteiger partial charge is 0.465 e. The van der Waals surface area contributed by atoms with E-state index in [0.29, 0.717) is 35.1 Å².